The van der Waals surface area contributed by atoms with Crippen LogP contribution in [0.5, 0.6) is 29.3 Å². The van der Waals surface area contributed by atoms with Gasteiger partial charge in [0.1, 0.15) is 11.3 Å². The van der Waals surface area contributed by atoms with Crippen molar-refractivity contribution in [2.75, 3.05) is 21.3 Å². The first kappa shape index (κ1) is 22.1. The van der Waals surface area contributed by atoms with Crippen LogP contribution in [-0.2, 0) is 4.79 Å². The van der Waals surface area contributed by atoms with E-state index in [2.05, 4.69) is 9.97 Å². The lowest BCUT2D eigenvalue weighted by atomic mass is 9.75. The Labute approximate surface area is 179 Å². The molecule has 0 amide bonds. The molecule has 1 aromatic heterocycles. The average Bonchev–Trinajstić information content (AvgIpc) is 2.71. The van der Waals surface area contributed by atoms with Gasteiger partial charge in [0.25, 0.3) is 0 Å². The number of nitrogens with zero attached hydrogens (tertiary/aromatic N) is 2. The van der Waals surface area contributed by atoms with Crippen LogP contribution < -0.4 is 18.9 Å². The molecule has 0 saturated heterocycles. The summed E-state index contributed by atoms with van der Waals surface area (Å²) in [6, 6.07) is 5.96. The number of para-hydroxylation sites is 1. The molecule has 0 saturated carbocycles. The van der Waals surface area contributed by atoms with Crippen LogP contribution in [0, 0.1) is 5.41 Å². The summed E-state index contributed by atoms with van der Waals surface area (Å²) in [5.41, 5.74) is -0.648. The molecule has 1 aliphatic carbocycles. The smallest absolute Gasteiger partial charge is 0.328 e. The number of ether oxygens (including phenoxy) is 4. The predicted octanol–water partition coefficient (Wildman–Crippen LogP) is 3.68. The monoisotopic (exact) mass is 428 g/mol. The highest BCUT2D eigenvalue weighted by Gasteiger charge is 2.37. The van der Waals surface area contributed by atoms with E-state index in [-0.39, 0.29) is 59.0 Å². The van der Waals surface area contributed by atoms with Gasteiger partial charge in [0.15, 0.2) is 17.3 Å². The van der Waals surface area contributed by atoms with Crippen molar-refractivity contribution in [1.82, 2.24) is 9.97 Å². The molecule has 1 aliphatic rings. The number of methoxy groups -OCH3 is 3. The van der Waals surface area contributed by atoms with E-state index in [1.807, 2.05) is 13.8 Å². The van der Waals surface area contributed by atoms with Crippen molar-refractivity contribution in [3.63, 3.8) is 0 Å². The maximum atomic E-state index is 13.3. The summed E-state index contributed by atoms with van der Waals surface area (Å²) in [6.45, 7) is 3.71. The summed E-state index contributed by atoms with van der Waals surface area (Å²) in [7, 11) is 4.26. The number of allylic oxidation sites excluding steroid dienone is 2. The summed E-state index contributed by atoms with van der Waals surface area (Å²) in [6.07, 6.45) is 0.366. The molecule has 0 radical (unpaired) electrons. The maximum Gasteiger partial charge on any atom is 0.328 e. The number of aromatic nitrogens is 2. The fourth-order valence-electron chi connectivity index (χ4n) is 3.37. The molecule has 1 N–H and O–H groups in total. The summed E-state index contributed by atoms with van der Waals surface area (Å²) < 4.78 is 21.4. The highest BCUT2D eigenvalue weighted by atomic mass is 16.5. The minimum absolute atomic E-state index is 0.00300. The molecule has 9 heteroatoms. The predicted molar refractivity (Wildman–Crippen MR) is 110 cm³/mol. The van der Waals surface area contributed by atoms with E-state index in [9.17, 15) is 14.7 Å². The topological polar surface area (TPSA) is 117 Å². The normalized spacial score (nSPS) is 15.5. The van der Waals surface area contributed by atoms with Crippen molar-refractivity contribution < 1.29 is 33.6 Å². The lowest BCUT2D eigenvalue weighted by Crippen LogP contribution is -2.29. The van der Waals surface area contributed by atoms with Crippen molar-refractivity contribution in [2.45, 2.75) is 26.7 Å². The lowest BCUT2D eigenvalue weighted by molar-refractivity contribution is -0.118. The number of benzene rings is 1. The number of hydrogen-bond donors (Lipinski definition) is 1. The Morgan fingerprint density at radius 2 is 1.68 bits per heavy atom. The summed E-state index contributed by atoms with van der Waals surface area (Å²) >= 11 is 0. The van der Waals surface area contributed by atoms with Gasteiger partial charge in [-0.15, -0.1) is 0 Å². The largest absolute Gasteiger partial charge is 0.511 e. The van der Waals surface area contributed by atoms with Crippen molar-refractivity contribution in [2.24, 2.45) is 5.41 Å². The second-order valence-electron chi connectivity index (χ2n) is 7.77. The molecule has 2 aromatic rings. The van der Waals surface area contributed by atoms with Crippen LogP contribution in [0.1, 0.15) is 37.0 Å². The van der Waals surface area contributed by atoms with Gasteiger partial charge in [-0.3, -0.25) is 9.59 Å². The Morgan fingerprint density at radius 1 is 1.03 bits per heavy atom. The molecule has 0 unspecified atom stereocenters. The third-order valence-corrected chi connectivity index (χ3v) is 4.79. The number of rotatable bonds is 7. The first-order valence-corrected chi connectivity index (χ1v) is 9.51. The van der Waals surface area contributed by atoms with Crippen molar-refractivity contribution in [3.8, 4) is 29.3 Å². The van der Waals surface area contributed by atoms with Gasteiger partial charge in [0, 0.05) is 12.8 Å². The van der Waals surface area contributed by atoms with Crippen molar-refractivity contribution >= 4 is 11.6 Å². The van der Waals surface area contributed by atoms with Gasteiger partial charge in [-0.2, -0.15) is 9.97 Å². The third-order valence-electron chi connectivity index (χ3n) is 4.79. The van der Waals surface area contributed by atoms with Crippen molar-refractivity contribution in [1.29, 1.82) is 0 Å². The minimum atomic E-state index is -0.665. The van der Waals surface area contributed by atoms with Gasteiger partial charge < -0.3 is 24.1 Å². The van der Waals surface area contributed by atoms with Crippen LogP contribution in [0.25, 0.3) is 0 Å². The highest BCUT2D eigenvalue weighted by molar-refractivity contribution is 6.28. The minimum Gasteiger partial charge on any atom is -0.511 e. The van der Waals surface area contributed by atoms with E-state index in [1.165, 1.54) is 33.5 Å². The van der Waals surface area contributed by atoms with Crippen LogP contribution in [0.3, 0.4) is 0 Å². The molecule has 0 aliphatic heterocycles. The van der Waals surface area contributed by atoms with Crippen LogP contribution in [0.15, 0.2) is 35.6 Å². The Morgan fingerprint density at radius 3 is 2.23 bits per heavy atom. The Kier molecular flexibility index (Phi) is 6.14. The zero-order valence-corrected chi connectivity index (χ0v) is 18.0. The van der Waals surface area contributed by atoms with Gasteiger partial charge in [-0.1, -0.05) is 19.9 Å². The fraction of sp³-hybridized carbons (Fsp3) is 0.364. The molecular weight excluding hydrogens is 404 g/mol. The number of aliphatic hydroxyl groups is 1. The van der Waals surface area contributed by atoms with E-state index in [4.69, 9.17) is 18.9 Å². The van der Waals surface area contributed by atoms with E-state index >= 15 is 0 Å². The highest BCUT2D eigenvalue weighted by Crippen LogP contribution is 2.40. The van der Waals surface area contributed by atoms with Gasteiger partial charge >= 0.3 is 6.01 Å². The molecule has 164 valence electrons. The molecule has 3 rings (SSSR count). The van der Waals surface area contributed by atoms with Crippen LogP contribution in [-0.4, -0.2) is 48.0 Å². The lowest BCUT2D eigenvalue weighted by Gasteiger charge is -2.29. The fourth-order valence-corrected chi connectivity index (χ4v) is 3.37. The van der Waals surface area contributed by atoms with E-state index in [0.717, 1.165) is 0 Å². The number of carbonyl (C=O) groups excluding carboxylic acids is 2. The van der Waals surface area contributed by atoms with Gasteiger partial charge in [-0.25, -0.2) is 0 Å². The number of ketones is 2. The van der Waals surface area contributed by atoms with Gasteiger partial charge in [0.05, 0.1) is 33.0 Å². The maximum absolute atomic E-state index is 13.3. The molecule has 0 atom stereocenters. The summed E-state index contributed by atoms with van der Waals surface area (Å²) in [4.78, 5) is 34.2. The number of hydrogen-bond acceptors (Lipinski definition) is 9. The average molecular weight is 428 g/mol. The first-order valence-electron chi connectivity index (χ1n) is 9.51. The zero-order valence-electron chi connectivity index (χ0n) is 18.0. The molecule has 0 spiro atoms. The van der Waals surface area contributed by atoms with Crippen LogP contribution in [0.2, 0.25) is 0 Å². The number of aliphatic hydroxyl groups excluding tert-OH is 1. The molecule has 9 nitrogen and oxygen atoms in total. The number of Topliss-reactive ketones (excluding diaryl/α,β-unsaturated/α-hetero) is 2. The molecule has 1 heterocycles. The molecule has 31 heavy (non-hydrogen) atoms. The molecular formula is C22H24N2O7. The Bertz CT molecular complexity index is 1040. The molecule has 0 bridgehead atoms. The SMILES string of the molecule is COc1cc(OC)nc(Oc2c(OC)cccc2C(=O)C2=C(O)CC(C)(C)CC2=O)n1. The quantitative estimate of drug-likeness (QED) is 0.520. The standard InChI is InChI=1S/C22H24N2O7/c1-22(2)10-13(25)18(14(26)11-22)19(27)12-7-6-8-15(28-3)20(12)31-21-23-16(29-4)9-17(24-21)30-5/h6-9,25H,10-11H2,1-5H3. The molecule has 1 aromatic carbocycles. The van der Waals surface area contributed by atoms with E-state index in [0.29, 0.717) is 0 Å². The summed E-state index contributed by atoms with van der Waals surface area (Å²) in [5.74, 6) is -0.722. The van der Waals surface area contributed by atoms with Crippen LogP contribution in [0.4, 0.5) is 0 Å². The van der Waals surface area contributed by atoms with Gasteiger partial charge in [-0.05, 0) is 17.5 Å². The zero-order chi connectivity index (χ0) is 22.8. The Balaban J connectivity index is 2.08. The van der Waals surface area contributed by atoms with Gasteiger partial charge in [0.2, 0.25) is 17.5 Å². The van der Waals surface area contributed by atoms with Crippen molar-refractivity contribution in [3.05, 3.63) is 41.2 Å². The first-order chi connectivity index (χ1) is 14.7. The summed E-state index contributed by atoms with van der Waals surface area (Å²) in [5, 5.41) is 10.5. The number of carbonyl (C=O) groups is 2. The second kappa shape index (κ2) is 8.63. The van der Waals surface area contributed by atoms with Crippen LogP contribution >= 0.6 is 0 Å². The Hall–Kier alpha value is -3.62. The molecule has 0 fully saturated rings. The third kappa shape index (κ3) is 4.60. The van der Waals surface area contributed by atoms with E-state index < -0.39 is 17.0 Å². The second-order valence-corrected chi connectivity index (χ2v) is 7.77. The van der Waals surface area contributed by atoms with E-state index in [1.54, 1.807) is 12.1 Å².